The highest BCUT2D eigenvalue weighted by Crippen LogP contribution is 2.31. The molecule has 78 valence electrons. The monoisotopic (exact) mass is 205 g/mol. The Bertz CT molecular complexity index is 414. The summed E-state index contributed by atoms with van der Waals surface area (Å²) < 4.78 is 12.9. The van der Waals surface area contributed by atoms with E-state index in [-0.39, 0.29) is 17.8 Å². The van der Waals surface area contributed by atoms with Crippen LogP contribution in [-0.2, 0) is 11.2 Å². The largest absolute Gasteiger partial charge is 0.346 e. The zero-order valence-corrected chi connectivity index (χ0v) is 8.29. The molecule has 1 aromatic rings. The van der Waals surface area contributed by atoms with Gasteiger partial charge in [-0.05, 0) is 42.2 Å². The number of benzene rings is 1. The second-order valence-corrected chi connectivity index (χ2v) is 3.65. The fourth-order valence-electron chi connectivity index (χ4n) is 1.97. The lowest BCUT2D eigenvalue weighted by Crippen LogP contribution is -2.24. The summed E-state index contributed by atoms with van der Waals surface area (Å²) in [6.07, 6.45) is 2.90. The smallest absolute Gasteiger partial charge is 0.243 e. The zero-order valence-electron chi connectivity index (χ0n) is 8.29. The third-order valence-corrected chi connectivity index (χ3v) is 2.68. The van der Waals surface area contributed by atoms with Gasteiger partial charge in [0, 0.05) is 0 Å². The molecule has 0 aliphatic heterocycles. The molecule has 1 aromatic carbocycles. The minimum absolute atomic E-state index is 0.00565. The van der Waals surface area contributed by atoms with Crippen molar-refractivity contribution in [2.45, 2.75) is 18.9 Å². The summed E-state index contributed by atoms with van der Waals surface area (Å²) >= 11 is 0. The number of hydrogen-bond donors (Lipinski definition) is 1. The van der Waals surface area contributed by atoms with Crippen LogP contribution in [0.5, 0.6) is 0 Å². The van der Waals surface area contributed by atoms with Gasteiger partial charge in [0.1, 0.15) is 5.82 Å². The van der Waals surface area contributed by atoms with Crippen LogP contribution in [0.4, 0.5) is 4.39 Å². The number of rotatable bonds is 2. The van der Waals surface area contributed by atoms with Gasteiger partial charge in [0.05, 0.1) is 6.04 Å². The van der Waals surface area contributed by atoms with E-state index in [4.69, 9.17) is 0 Å². The molecular formula is C12H12FNO. The molecular weight excluding hydrogens is 193 g/mol. The molecule has 3 heteroatoms. The third kappa shape index (κ3) is 1.91. The van der Waals surface area contributed by atoms with Crippen LogP contribution >= 0.6 is 0 Å². The van der Waals surface area contributed by atoms with Crippen molar-refractivity contribution in [3.63, 3.8) is 0 Å². The van der Waals surface area contributed by atoms with Crippen molar-refractivity contribution in [2.24, 2.45) is 0 Å². The first kappa shape index (κ1) is 9.90. The molecule has 0 saturated heterocycles. The predicted molar refractivity (Wildman–Crippen MR) is 55.8 cm³/mol. The first-order chi connectivity index (χ1) is 7.20. The normalized spacial score (nSPS) is 18.3. The van der Waals surface area contributed by atoms with Gasteiger partial charge in [-0.2, -0.15) is 0 Å². The summed E-state index contributed by atoms with van der Waals surface area (Å²) in [7, 11) is 0. The van der Waals surface area contributed by atoms with Crippen LogP contribution in [0.1, 0.15) is 23.6 Å². The molecule has 1 aliphatic rings. The molecule has 0 aromatic heterocycles. The van der Waals surface area contributed by atoms with Crippen LogP contribution in [0, 0.1) is 5.82 Å². The van der Waals surface area contributed by atoms with Crippen molar-refractivity contribution >= 4 is 5.91 Å². The molecule has 0 heterocycles. The van der Waals surface area contributed by atoms with Crippen LogP contribution in [0.2, 0.25) is 0 Å². The summed E-state index contributed by atoms with van der Waals surface area (Å²) in [5, 5.41) is 2.82. The van der Waals surface area contributed by atoms with Crippen molar-refractivity contribution in [2.75, 3.05) is 0 Å². The molecule has 0 radical (unpaired) electrons. The van der Waals surface area contributed by atoms with E-state index >= 15 is 0 Å². The van der Waals surface area contributed by atoms with E-state index < -0.39 is 0 Å². The third-order valence-electron chi connectivity index (χ3n) is 2.68. The summed E-state index contributed by atoms with van der Waals surface area (Å²) in [4.78, 5) is 11.1. The highest BCUT2D eigenvalue weighted by molar-refractivity contribution is 5.87. The molecule has 1 aliphatic carbocycles. The quantitative estimate of drug-likeness (QED) is 0.736. The second kappa shape index (κ2) is 3.85. The maximum Gasteiger partial charge on any atom is 0.243 e. The summed E-state index contributed by atoms with van der Waals surface area (Å²) in [5.74, 6) is -0.401. The Kier molecular flexibility index (Phi) is 2.54. The van der Waals surface area contributed by atoms with Crippen LogP contribution in [0.15, 0.2) is 30.9 Å². The number of fused-ring (bicyclic) bond motifs is 1. The summed E-state index contributed by atoms with van der Waals surface area (Å²) in [5.41, 5.74) is 2.01. The molecule has 1 N–H and O–H groups in total. The van der Waals surface area contributed by atoms with E-state index in [1.54, 1.807) is 6.07 Å². The minimum atomic E-state index is -0.218. The number of halogens is 1. The molecule has 1 atom stereocenters. The van der Waals surface area contributed by atoms with Crippen LogP contribution in [0.25, 0.3) is 0 Å². The van der Waals surface area contributed by atoms with Gasteiger partial charge in [0.15, 0.2) is 0 Å². The van der Waals surface area contributed by atoms with E-state index in [1.165, 1.54) is 18.2 Å². The van der Waals surface area contributed by atoms with Crippen molar-refractivity contribution in [1.82, 2.24) is 5.32 Å². The van der Waals surface area contributed by atoms with Gasteiger partial charge in [-0.15, -0.1) is 0 Å². The Morgan fingerprint density at radius 3 is 3.13 bits per heavy atom. The Hall–Kier alpha value is -1.64. The molecule has 0 bridgehead atoms. The maximum atomic E-state index is 12.9. The van der Waals surface area contributed by atoms with Gasteiger partial charge >= 0.3 is 0 Å². The average Bonchev–Trinajstić information content (AvgIpc) is 2.60. The fraction of sp³-hybridized carbons (Fsp3) is 0.250. The Morgan fingerprint density at radius 2 is 2.40 bits per heavy atom. The first-order valence-corrected chi connectivity index (χ1v) is 4.92. The molecule has 1 amide bonds. The predicted octanol–water partition coefficient (Wildman–Crippen LogP) is 2.12. The fourth-order valence-corrected chi connectivity index (χ4v) is 1.97. The summed E-state index contributed by atoms with van der Waals surface area (Å²) in [6.45, 7) is 3.40. The van der Waals surface area contributed by atoms with Gasteiger partial charge in [0.25, 0.3) is 0 Å². The number of carbonyl (C=O) groups excluding carboxylic acids is 1. The maximum absolute atomic E-state index is 12.9. The molecule has 0 saturated carbocycles. The average molecular weight is 205 g/mol. The number of hydrogen-bond acceptors (Lipinski definition) is 1. The van der Waals surface area contributed by atoms with Gasteiger partial charge in [-0.25, -0.2) is 4.39 Å². The lowest BCUT2D eigenvalue weighted by Gasteiger charge is -2.12. The van der Waals surface area contributed by atoms with E-state index in [9.17, 15) is 9.18 Å². The molecule has 0 fully saturated rings. The number of amides is 1. The molecule has 1 unspecified atom stereocenters. The van der Waals surface area contributed by atoms with E-state index in [0.29, 0.717) is 0 Å². The van der Waals surface area contributed by atoms with Gasteiger partial charge in [-0.1, -0.05) is 12.6 Å². The lowest BCUT2D eigenvalue weighted by molar-refractivity contribution is -0.117. The molecule has 2 rings (SSSR count). The van der Waals surface area contributed by atoms with Gasteiger partial charge in [-0.3, -0.25) is 4.79 Å². The van der Waals surface area contributed by atoms with E-state index in [0.717, 1.165) is 24.0 Å². The molecule has 2 nitrogen and oxygen atoms in total. The topological polar surface area (TPSA) is 29.1 Å². The SMILES string of the molecule is C=CC(=O)NC1CCc2cc(F)ccc21. The van der Waals surface area contributed by atoms with Crippen molar-refractivity contribution in [1.29, 1.82) is 0 Å². The highest BCUT2D eigenvalue weighted by Gasteiger charge is 2.23. The van der Waals surface area contributed by atoms with Crippen LogP contribution in [-0.4, -0.2) is 5.91 Å². The Balaban J connectivity index is 2.21. The van der Waals surface area contributed by atoms with Gasteiger partial charge in [0.2, 0.25) is 5.91 Å². The first-order valence-electron chi connectivity index (χ1n) is 4.92. The Morgan fingerprint density at radius 1 is 1.60 bits per heavy atom. The second-order valence-electron chi connectivity index (χ2n) is 3.65. The minimum Gasteiger partial charge on any atom is -0.346 e. The van der Waals surface area contributed by atoms with Crippen molar-refractivity contribution < 1.29 is 9.18 Å². The van der Waals surface area contributed by atoms with Crippen LogP contribution in [0.3, 0.4) is 0 Å². The Labute approximate surface area is 87.8 Å². The van der Waals surface area contributed by atoms with E-state index in [1.807, 2.05) is 0 Å². The number of nitrogens with one attached hydrogen (secondary N) is 1. The summed E-state index contributed by atoms with van der Waals surface area (Å²) in [6, 6.07) is 4.71. The molecule has 15 heavy (non-hydrogen) atoms. The highest BCUT2D eigenvalue weighted by atomic mass is 19.1. The zero-order chi connectivity index (χ0) is 10.8. The lowest BCUT2D eigenvalue weighted by atomic mass is 10.1. The standard InChI is InChI=1S/C12H12FNO/c1-2-12(15)14-11-6-3-8-7-9(13)4-5-10(8)11/h2,4-5,7,11H,1,3,6H2,(H,14,15). The number of carbonyl (C=O) groups is 1. The van der Waals surface area contributed by atoms with Gasteiger partial charge < -0.3 is 5.32 Å². The number of aryl methyl sites for hydroxylation is 1. The van der Waals surface area contributed by atoms with Crippen molar-refractivity contribution in [3.8, 4) is 0 Å². The van der Waals surface area contributed by atoms with Crippen LogP contribution < -0.4 is 5.32 Å². The molecule has 0 spiro atoms. The van der Waals surface area contributed by atoms with E-state index in [2.05, 4.69) is 11.9 Å². The van der Waals surface area contributed by atoms with Crippen molar-refractivity contribution in [3.05, 3.63) is 47.8 Å².